The van der Waals surface area contributed by atoms with Gasteiger partial charge in [-0.1, -0.05) is 35.5 Å². The Morgan fingerprint density at radius 1 is 1.09 bits per heavy atom. The minimum Gasteiger partial charge on any atom is -0.338 e. The van der Waals surface area contributed by atoms with E-state index >= 15 is 0 Å². The third kappa shape index (κ3) is 3.08. The van der Waals surface area contributed by atoms with Gasteiger partial charge in [0, 0.05) is 19.6 Å². The summed E-state index contributed by atoms with van der Waals surface area (Å²) < 4.78 is 7.13. The molecule has 0 unspecified atom stereocenters. The van der Waals surface area contributed by atoms with Crippen molar-refractivity contribution in [3.8, 4) is 11.6 Å². The number of hydrogen-bond acceptors (Lipinski definition) is 6. The molecule has 0 atom stereocenters. The number of aromatic nitrogens is 5. The molecule has 1 aliphatic rings. The molecule has 118 valence electrons. The average Bonchev–Trinajstić information content (AvgIpc) is 3.33. The van der Waals surface area contributed by atoms with Crippen LogP contribution in [0.15, 0.2) is 41.1 Å². The van der Waals surface area contributed by atoms with E-state index in [1.165, 1.54) is 18.4 Å². The van der Waals surface area contributed by atoms with Gasteiger partial charge in [-0.3, -0.25) is 4.68 Å². The third-order valence-electron chi connectivity index (χ3n) is 4.03. The van der Waals surface area contributed by atoms with E-state index < -0.39 is 0 Å². The van der Waals surface area contributed by atoms with Gasteiger partial charge in [-0.25, -0.2) is 0 Å². The van der Waals surface area contributed by atoms with Gasteiger partial charge in [0.2, 0.25) is 0 Å². The van der Waals surface area contributed by atoms with Gasteiger partial charge in [0.25, 0.3) is 11.8 Å². The molecule has 1 saturated heterocycles. The van der Waals surface area contributed by atoms with Crippen molar-refractivity contribution in [2.45, 2.75) is 25.8 Å². The lowest BCUT2D eigenvalue weighted by molar-refractivity contribution is 0.428. The van der Waals surface area contributed by atoms with Crippen LogP contribution < -0.4 is 4.90 Å². The van der Waals surface area contributed by atoms with Gasteiger partial charge in [-0.05, 0) is 30.0 Å². The molecule has 7 nitrogen and oxygen atoms in total. The van der Waals surface area contributed by atoms with Crippen LogP contribution in [0.3, 0.4) is 0 Å². The van der Waals surface area contributed by atoms with Gasteiger partial charge in [-0.2, -0.15) is 4.98 Å². The lowest BCUT2D eigenvalue weighted by Crippen LogP contribution is -2.18. The predicted octanol–water partition coefficient (Wildman–Crippen LogP) is 2.17. The lowest BCUT2D eigenvalue weighted by atomic mass is 10.1. The molecule has 0 radical (unpaired) electrons. The summed E-state index contributed by atoms with van der Waals surface area (Å²) in [5.41, 5.74) is 1.90. The lowest BCUT2D eigenvalue weighted by Gasteiger charge is -2.09. The molecule has 0 amide bonds. The van der Waals surface area contributed by atoms with E-state index in [0.29, 0.717) is 17.5 Å². The predicted molar refractivity (Wildman–Crippen MR) is 84.9 cm³/mol. The highest BCUT2D eigenvalue weighted by atomic mass is 16.5. The van der Waals surface area contributed by atoms with Crippen LogP contribution in [0, 0.1) is 0 Å². The van der Waals surface area contributed by atoms with E-state index in [0.717, 1.165) is 26.1 Å². The first-order chi connectivity index (χ1) is 11.4. The highest BCUT2D eigenvalue weighted by molar-refractivity contribution is 5.47. The Morgan fingerprint density at radius 3 is 2.74 bits per heavy atom. The van der Waals surface area contributed by atoms with Crippen LogP contribution in [0.1, 0.15) is 18.4 Å². The van der Waals surface area contributed by atoms with Crippen LogP contribution >= 0.6 is 0 Å². The fraction of sp³-hybridized carbons (Fsp3) is 0.375. The van der Waals surface area contributed by atoms with Crippen molar-refractivity contribution in [3.63, 3.8) is 0 Å². The summed E-state index contributed by atoms with van der Waals surface area (Å²) in [6, 6.07) is 10.3. The maximum Gasteiger partial charge on any atom is 0.281 e. The van der Waals surface area contributed by atoms with Crippen LogP contribution in [0.5, 0.6) is 0 Å². The molecule has 1 aliphatic heterocycles. The molecule has 0 N–H and O–H groups in total. The van der Waals surface area contributed by atoms with Crippen molar-refractivity contribution in [2.75, 3.05) is 18.0 Å². The standard InChI is InChI=1S/C16H18N6O/c1-2-6-13(7-3-1)8-11-22-12-14(18-20-22)15-17-16(19-23-15)21-9-4-5-10-21/h1-3,6-7,12H,4-5,8-11H2. The Kier molecular flexibility index (Phi) is 3.75. The van der Waals surface area contributed by atoms with Crippen molar-refractivity contribution in [3.05, 3.63) is 42.1 Å². The number of benzene rings is 1. The smallest absolute Gasteiger partial charge is 0.281 e. The summed E-state index contributed by atoms with van der Waals surface area (Å²) in [5.74, 6) is 1.08. The van der Waals surface area contributed by atoms with E-state index in [9.17, 15) is 0 Å². The largest absolute Gasteiger partial charge is 0.338 e. The van der Waals surface area contributed by atoms with E-state index in [1.807, 2.05) is 29.1 Å². The van der Waals surface area contributed by atoms with Crippen LogP contribution in [0.25, 0.3) is 11.6 Å². The second-order valence-electron chi connectivity index (χ2n) is 5.70. The molecule has 2 aromatic heterocycles. The number of anilines is 1. The molecule has 3 heterocycles. The average molecular weight is 310 g/mol. The maximum atomic E-state index is 5.32. The highest BCUT2D eigenvalue weighted by Gasteiger charge is 2.19. The summed E-state index contributed by atoms with van der Waals surface area (Å²) >= 11 is 0. The molecular formula is C16H18N6O. The topological polar surface area (TPSA) is 72.9 Å². The minimum atomic E-state index is 0.429. The summed E-state index contributed by atoms with van der Waals surface area (Å²) in [6.07, 6.45) is 5.12. The Balaban J connectivity index is 1.43. The number of nitrogens with zero attached hydrogens (tertiary/aromatic N) is 6. The SMILES string of the molecule is c1ccc(CCn2cc(-c3nc(N4CCCC4)no3)nn2)cc1. The number of hydrogen-bond donors (Lipinski definition) is 0. The van der Waals surface area contributed by atoms with Crippen molar-refractivity contribution < 1.29 is 4.52 Å². The summed E-state index contributed by atoms with van der Waals surface area (Å²) in [4.78, 5) is 6.56. The second-order valence-corrected chi connectivity index (χ2v) is 5.70. The zero-order valence-electron chi connectivity index (χ0n) is 12.8. The maximum absolute atomic E-state index is 5.32. The molecule has 1 fully saturated rings. The quantitative estimate of drug-likeness (QED) is 0.719. The first-order valence-corrected chi connectivity index (χ1v) is 7.91. The van der Waals surface area contributed by atoms with Crippen molar-refractivity contribution >= 4 is 5.95 Å². The fourth-order valence-corrected chi connectivity index (χ4v) is 2.76. The van der Waals surface area contributed by atoms with E-state index in [4.69, 9.17) is 4.52 Å². The van der Waals surface area contributed by atoms with Crippen molar-refractivity contribution in [1.82, 2.24) is 25.1 Å². The third-order valence-corrected chi connectivity index (χ3v) is 4.03. The highest BCUT2D eigenvalue weighted by Crippen LogP contribution is 2.20. The fourth-order valence-electron chi connectivity index (χ4n) is 2.76. The molecule has 0 aliphatic carbocycles. The van der Waals surface area contributed by atoms with Crippen LogP contribution in [-0.4, -0.2) is 38.2 Å². The monoisotopic (exact) mass is 310 g/mol. The Bertz CT molecular complexity index is 760. The van der Waals surface area contributed by atoms with Gasteiger partial charge in [0.1, 0.15) is 0 Å². The van der Waals surface area contributed by atoms with Crippen LogP contribution in [0.4, 0.5) is 5.95 Å². The first kappa shape index (κ1) is 13.9. The van der Waals surface area contributed by atoms with Gasteiger partial charge < -0.3 is 9.42 Å². The van der Waals surface area contributed by atoms with E-state index in [1.54, 1.807) is 0 Å². The zero-order chi connectivity index (χ0) is 15.5. The van der Waals surface area contributed by atoms with Crippen molar-refractivity contribution in [1.29, 1.82) is 0 Å². The van der Waals surface area contributed by atoms with Crippen LogP contribution in [0.2, 0.25) is 0 Å². The molecule has 3 aromatic rings. The van der Waals surface area contributed by atoms with Gasteiger partial charge in [0.05, 0.1) is 6.20 Å². The van der Waals surface area contributed by atoms with E-state index in [2.05, 4.69) is 37.5 Å². The van der Waals surface area contributed by atoms with Gasteiger partial charge in [0.15, 0.2) is 5.69 Å². The number of aryl methyl sites for hydroxylation is 2. The summed E-state index contributed by atoms with van der Waals surface area (Å²) in [6.45, 7) is 2.75. The minimum absolute atomic E-state index is 0.429. The first-order valence-electron chi connectivity index (χ1n) is 7.91. The normalized spacial score (nSPS) is 14.5. The zero-order valence-corrected chi connectivity index (χ0v) is 12.8. The van der Waals surface area contributed by atoms with Crippen molar-refractivity contribution in [2.24, 2.45) is 0 Å². The van der Waals surface area contributed by atoms with E-state index in [-0.39, 0.29) is 0 Å². The summed E-state index contributed by atoms with van der Waals surface area (Å²) in [5, 5.41) is 12.3. The molecule has 0 saturated carbocycles. The van der Waals surface area contributed by atoms with Gasteiger partial charge in [-0.15, -0.1) is 5.10 Å². The van der Waals surface area contributed by atoms with Gasteiger partial charge >= 0.3 is 0 Å². The Hall–Kier alpha value is -2.70. The molecule has 4 rings (SSSR count). The Morgan fingerprint density at radius 2 is 1.91 bits per heavy atom. The second kappa shape index (κ2) is 6.20. The Labute approximate surface area is 133 Å². The number of rotatable bonds is 5. The molecule has 0 bridgehead atoms. The van der Waals surface area contributed by atoms with Crippen LogP contribution in [-0.2, 0) is 13.0 Å². The molecule has 7 heteroatoms. The molecule has 23 heavy (non-hydrogen) atoms. The molecule has 0 spiro atoms. The summed E-state index contributed by atoms with van der Waals surface area (Å²) in [7, 11) is 0. The molecular weight excluding hydrogens is 292 g/mol. The molecule has 1 aromatic carbocycles.